The van der Waals surface area contributed by atoms with Gasteiger partial charge < -0.3 is 14.6 Å². The molecule has 1 atom stereocenters. The van der Waals surface area contributed by atoms with Gasteiger partial charge in [0.15, 0.2) is 21.9 Å². The van der Waals surface area contributed by atoms with Crippen molar-refractivity contribution in [2.24, 2.45) is 0 Å². The zero-order valence-electron chi connectivity index (χ0n) is 17.5. The predicted molar refractivity (Wildman–Crippen MR) is 129 cm³/mol. The fraction of sp³-hybridized carbons (Fsp3) is 0.182. The number of rotatable bonds is 8. The van der Waals surface area contributed by atoms with Crippen LogP contribution in [0.2, 0.25) is 5.02 Å². The summed E-state index contributed by atoms with van der Waals surface area (Å²) in [5, 5.41) is 10.7. The first kappa shape index (κ1) is 24.6. The van der Waals surface area contributed by atoms with Crippen LogP contribution in [0.4, 0.5) is 0 Å². The number of benzene rings is 2. The molecule has 1 saturated heterocycles. The second-order valence-electron chi connectivity index (χ2n) is 6.73. The number of carboxylic acids is 1. The molecule has 0 aliphatic carbocycles. The number of amides is 2. The van der Waals surface area contributed by atoms with E-state index in [0.29, 0.717) is 26.8 Å². The van der Waals surface area contributed by atoms with E-state index in [1.165, 1.54) is 19.2 Å². The van der Waals surface area contributed by atoms with Crippen molar-refractivity contribution in [1.82, 2.24) is 10.4 Å². The summed E-state index contributed by atoms with van der Waals surface area (Å²) in [6.07, 6.45) is 0.865. The molecule has 0 saturated carbocycles. The third-order valence-corrected chi connectivity index (χ3v) is 6.07. The first-order chi connectivity index (χ1) is 15.7. The molecule has 0 bridgehead atoms. The fourth-order valence-corrected chi connectivity index (χ4v) is 4.12. The maximum Gasteiger partial charge on any atom is 0.344 e. The third kappa shape index (κ3) is 5.84. The molecule has 1 aliphatic heterocycles. The van der Waals surface area contributed by atoms with E-state index >= 15 is 0 Å². The summed E-state index contributed by atoms with van der Waals surface area (Å²) in [5.41, 5.74) is 3.43. The van der Waals surface area contributed by atoms with Gasteiger partial charge in [0.25, 0.3) is 11.8 Å². The Morgan fingerprint density at radius 2 is 1.94 bits per heavy atom. The Hall–Kier alpha value is -3.08. The third-order valence-electron chi connectivity index (χ3n) is 4.51. The van der Waals surface area contributed by atoms with Crippen LogP contribution in [0.15, 0.2) is 47.4 Å². The van der Waals surface area contributed by atoms with E-state index in [-0.39, 0.29) is 16.5 Å². The number of carbonyl (C=O) groups excluding carboxylic acids is 2. The summed E-state index contributed by atoms with van der Waals surface area (Å²) < 4.78 is 11.0. The molecule has 1 aliphatic rings. The number of nitrogens with zero attached hydrogens (tertiary/aromatic N) is 1. The Bertz CT molecular complexity index is 1140. The highest BCUT2D eigenvalue weighted by Gasteiger charge is 2.34. The number of nitrogens with one attached hydrogen (secondary N) is 1. The standard InChI is InChI=1S/C22H19ClN2O6S2/c1-3-15(21(28)29)31-16-9-4-12(10-17(16)30-2)11-18-20(27)25(22(32)33-18)24-19(26)13-5-7-14(23)8-6-13/h4-11,15H,3H2,1-2H3,(H,24,26)(H,28,29)/b18-11+. The van der Waals surface area contributed by atoms with Crippen LogP contribution in [0.3, 0.4) is 0 Å². The van der Waals surface area contributed by atoms with E-state index in [1.807, 2.05) is 0 Å². The predicted octanol–water partition coefficient (Wildman–Crippen LogP) is 4.14. The molecule has 2 N–H and O–H groups in total. The summed E-state index contributed by atoms with van der Waals surface area (Å²) in [4.78, 5) is 36.8. The SMILES string of the molecule is CCC(Oc1ccc(/C=C2/SC(=S)N(NC(=O)c3ccc(Cl)cc3)C2=O)cc1OC)C(=O)O. The summed E-state index contributed by atoms with van der Waals surface area (Å²) >= 11 is 12.1. The molecule has 2 aromatic carbocycles. The number of aliphatic carboxylic acids is 1. The van der Waals surface area contributed by atoms with Gasteiger partial charge in [-0.1, -0.05) is 36.4 Å². The molecular weight excluding hydrogens is 488 g/mol. The van der Waals surface area contributed by atoms with E-state index < -0.39 is 23.9 Å². The summed E-state index contributed by atoms with van der Waals surface area (Å²) in [7, 11) is 1.43. The maximum absolute atomic E-state index is 12.8. The quantitative estimate of drug-likeness (QED) is 0.406. The molecule has 172 valence electrons. The Kier molecular flexibility index (Phi) is 7.96. The average Bonchev–Trinajstić information content (AvgIpc) is 3.05. The van der Waals surface area contributed by atoms with Gasteiger partial charge in [0.05, 0.1) is 12.0 Å². The number of thiocarbonyl (C=S) groups is 1. The summed E-state index contributed by atoms with van der Waals surface area (Å²) in [5.74, 6) is -1.48. The van der Waals surface area contributed by atoms with Crippen LogP contribution in [0.5, 0.6) is 11.5 Å². The van der Waals surface area contributed by atoms with Crippen molar-refractivity contribution >= 4 is 63.8 Å². The molecule has 2 amide bonds. The molecule has 0 spiro atoms. The minimum atomic E-state index is -1.08. The van der Waals surface area contributed by atoms with Gasteiger partial charge >= 0.3 is 5.97 Å². The normalized spacial score (nSPS) is 15.5. The molecule has 11 heteroatoms. The number of carbonyl (C=O) groups is 3. The Balaban J connectivity index is 1.77. The number of hydrogen-bond donors (Lipinski definition) is 2. The lowest BCUT2D eigenvalue weighted by Crippen LogP contribution is -2.44. The molecule has 1 fully saturated rings. The van der Waals surface area contributed by atoms with E-state index in [0.717, 1.165) is 16.8 Å². The van der Waals surface area contributed by atoms with Crippen LogP contribution in [-0.2, 0) is 9.59 Å². The van der Waals surface area contributed by atoms with Crippen LogP contribution >= 0.6 is 35.6 Å². The number of hydrogen-bond acceptors (Lipinski definition) is 7. The molecule has 0 radical (unpaired) electrons. The second-order valence-corrected chi connectivity index (χ2v) is 8.84. The number of thioether (sulfide) groups is 1. The van der Waals surface area contributed by atoms with E-state index in [1.54, 1.807) is 43.3 Å². The molecule has 0 aromatic heterocycles. The first-order valence-corrected chi connectivity index (χ1v) is 11.3. The van der Waals surface area contributed by atoms with Crippen LogP contribution < -0.4 is 14.9 Å². The highest BCUT2D eigenvalue weighted by molar-refractivity contribution is 8.26. The largest absolute Gasteiger partial charge is 0.493 e. The Morgan fingerprint density at radius 1 is 1.24 bits per heavy atom. The molecule has 8 nitrogen and oxygen atoms in total. The maximum atomic E-state index is 12.8. The van der Waals surface area contributed by atoms with E-state index in [4.69, 9.17) is 33.3 Å². The van der Waals surface area contributed by atoms with Crippen molar-refractivity contribution in [3.63, 3.8) is 0 Å². The minimum Gasteiger partial charge on any atom is -0.493 e. The van der Waals surface area contributed by atoms with Crippen molar-refractivity contribution in [2.75, 3.05) is 7.11 Å². The van der Waals surface area contributed by atoms with Gasteiger partial charge in [0, 0.05) is 10.6 Å². The van der Waals surface area contributed by atoms with Gasteiger partial charge in [0.2, 0.25) is 0 Å². The highest BCUT2D eigenvalue weighted by Crippen LogP contribution is 2.34. The molecule has 3 rings (SSSR count). The average molecular weight is 507 g/mol. The summed E-state index contributed by atoms with van der Waals surface area (Å²) in [6.45, 7) is 1.70. The first-order valence-electron chi connectivity index (χ1n) is 9.65. The Labute approximate surface area is 204 Å². The second kappa shape index (κ2) is 10.7. The van der Waals surface area contributed by atoms with Crippen molar-refractivity contribution in [3.05, 3.63) is 63.5 Å². The Morgan fingerprint density at radius 3 is 2.55 bits per heavy atom. The zero-order chi connectivity index (χ0) is 24.1. The van der Waals surface area contributed by atoms with Crippen molar-refractivity contribution in [2.45, 2.75) is 19.4 Å². The molecule has 1 heterocycles. The fourth-order valence-electron chi connectivity index (χ4n) is 2.82. The van der Waals surface area contributed by atoms with Crippen molar-refractivity contribution in [3.8, 4) is 11.5 Å². The topological polar surface area (TPSA) is 105 Å². The number of halogens is 1. The number of hydrazine groups is 1. The number of methoxy groups -OCH3 is 1. The number of ether oxygens (including phenoxy) is 2. The molecule has 2 aromatic rings. The number of carboxylic acid groups (broad SMARTS) is 1. The van der Waals surface area contributed by atoms with Crippen molar-refractivity contribution in [1.29, 1.82) is 0 Å². The van der Waals surface area contributed by atoms with E-state index in [2.05, 4.69) is 5.43 Å². The van der Waals surface area contributed by atoms with Crippen molar-refractivity contribution < 1.29 is 29.0 Å². The van der Waals surface area contributed by atoms with Gasteiger partial charge in [-0.25, -0.2) is 4.79 Å². The van der Waals surface area contributed by atoms with Crippen LogP contribution in [0, 0.1) is 0 Å². The molecular formula is C22H19ClN2O6S2. The van der Waals surface area contributed by atoms with E-state index in [9.17, 15) is 19.5 Å². The van der Waals surface area contributed by atoms with Gasteiger partial charge in [0.1, 0.15) is 0 Å². The lowest BCUT2D eigenvalue weighted by atomic mass is 10.1. The van der Waals surface area contributed by atoms with Gasteiger partial charge in [-0.2, -0.15) is 5.01 Å². The smallest absolute Gasteiger partial charge is 0.344 e. The molecule has 1 unspecified atom stereocenters. The van der Waals surface area contributed by atoms with Crippen LogP contribution in [0.1, 0.15) is 29.3 Å². The monoisotopic (exact) mass is 506 g/mol. The lowest BCUT2D eigenvalue weighted by Gasteiger charge is -2.16. The zero-order valence-corrected chi connectivity index (χ0v) is 19.9. The van der Waals surface area contributed by atoms with Gasteiger partial charge in [-0.15, -0.1) is 0 Å². The van der Waals surface area contributed by atoms with Gasteiger partial charge in [-0.3, -0.25) is 15.0 Å². The highest BCUT2D eigenvalue weighted by atomic mass is 35.5. The van der Waals surface area contributed by atoms with Crippen LogP contribution in [0.25, 0.3) is 6.08 Å². The van der Waals surface area contributed by atoms with Gasteiger partial charge in [-0.05, 0) is 66.7 Å². The summed E-state index contributed by atoms with van der Waals surface area (Å²) in [6, 6.07) is 11.1. The molecule has 33 heavy (non-hydrogen) atoms. The minimum absolute atomic E-state index is 0.174. The lowest BCUT2D eigenvalue weighted by molar-refractivity contribution is -0.145. The van der Waals surface area contributed by atoms with Crippen LogP contribution in [-0.4, -0.2) is 45.4 Å².